The summed E-state index contributed by atoms with van der Waals surface area (Å²) in [4.78, 5) is 34.6. The summed E-state index contributed by atoms with van der Waals surface area (Å²) in [6.07, 6.45) is 4.35. The van der Waals surface area contributed by atoms with Crippen molar-refractivity contribution < 1.29 is 19.0 Å². The van der Waals surface area contributed by atoms with Gasteiger partial charge in [-0.25, -0.2) is 9.79 Å². The van der Waals surface area contributed by atoms with Gasteiger partial charge in [0.05, 0.1) is 28.5 Å². The normalized spacial score (nSPS) is 18.6. The van der Waals surface area contributed by atoms with E-state index in [4.69, 9.17) is 14.2 Å². The van der Waals surface area contributed by atoms with Crippen LogP contribution in [0.4, 0.5) is 5.69 Å². The van der Waals surface area contributed by atoms with Gasteiger partial charge in [0.1, 0.15) is 0 Å². The molecule has 0 unspecified atom stereocenters. The molecule has 3 aliphatic heterocycles. The summed E-state index contributed by atoms with van der Waals surface area (Å²) >= 11 is 1.32. The first kappa shape index (κ1) is 24.5. The van der Waals surface area contributed by atoms with Crippen LogP contribution in [0.1, 0.15) is 49.4 Å². The molecule has 4 heterocycles. The lowest BCUT2D eigenvalue weighted by molar-refractivity contribution is -0.139. The Kier molecular flexibility index (Phi) is 6.31. The van der Waals surface area contributed by atoms with E-state index >= 15 is 0 Å². The molecule has 3 aromatic rings. The van der Waals surface area contributed by atoms with Crippen LogP contribution >= 0.6 is 11.3 Å². The van der Waals surface area contributed by atoms with Crippen molar-refractivity contribution in [2.75, 3.05) is 31.4 Å². The zero-order valence-corrected chi connectivity index (χ0v) is 22.5. The molecule has 1 fully saturated rings. The van der Waals surface area contributed by atoms with E-state index in [0.717, 1.165) is 24.2 Å². The Morgan fingerprint density at radius 1 is 1.13 bits per heavy atom. The van der Waals surface area contributed by atoms with E-state index in [1.807, 2.05) is 18.2 Å². The minimum Gasteiger partial charge on any atom is -0.463 e. The minimum atomic E-state index is -0.693. The molecule has 1 aromatic heterocycles. The van der Waals surface area contributed by atoms with Crippen molar-refractivity contribution >= 4 is 29.1 Å². The lowest BCUT2D eigenvalue weighted by Gasteiger charge is -2.24. The first-order valence-electron chi connectivity index (χ1n) is 12.9. The minimum absolute atomic E-state index is 0.136. The van der Waals surface area contributed by atoms with Crippen molar-refractivity contribution in [3.63, 3.8) is 0 Å². The van der Waals surface area contributed by atoms with Crippen LogP contribution in [0.5, 0.6) is 11.5 Å². The molecule has 1 atom stereocenters. The quantitative estimate of drug-likeness (QED) is 0.469. The number of ether oxygens (including phenoxy) is 3. The number of aryl methyl sites for hydroxylation is 1. The number of aromatic nitrogens is 1. The number of esters is 1. The summed E-state index contributed by atoms with van der Waals surface area (Å²) in [5.74, 6) is 0.724. The van der Waals surface area contributed by atoms with Crippen molar-refractivity contribution in [1.82, 2.24) is 4.57 Å². The van der Waals surface area contributed by atoms with Gasteiger partial charge in [-0.15, -0.1) is 0 Å². The number of hydrogen-bond donors (Lipinski definition) is 0. The van der Waals surface area contributed by atoms with Gasteiger partial charge < -0.3 is 19.1 Å². The number of hydrogen-bond acceptors (Lipinski definition) is 8. The van der Waals surface area contributed by atoms with Gasteiger partial charge in [-0.1, -0.05) is 23.5 Å². The van der Waals surface area contributed by atoms with Gasteiger partial charge in [-0.2, -0.15) is 0 Å². The fourth-order valence-electron chi connectivity index (χ4n) is 5.42. The first-order valence-corrected chi connectivity index (χ1v) is 13.7. The second-order valence-corrected chi connectivity index (χ2v) is 10.7. The molecule has 8 nitrogen and oxygen atoms in total. The number of allylic oxidation sites excluding steroid dienone is 1. The number of thiazole rings is 1. The second-order valence-electron chi connectivity index (χ2n) is 9.66. The molecule has 0 spiro atoms. The second kappa shape index (κ2) is 9.79. The van der Waals surface area contributed by atoms with Gasteiger partial charge in [0.25, 0.3) is 5.56 Å². The average Bonchev–Trinajstić information content (AvgIpc) is 3.64. The third-order valence-corrected chi connectivity index (χ3v) is 8.18. The number of fused-ring (bicyclic) bond motifs is 2. The third kappa shape index (κ3) is 4.20. The fourth-order valence-corrected chi connectivity index (χ4v) is 6.47. The summed E-state index contributed by atoms with van der Waals surface area (Å²) in [6, 6.07) is 11.1. The molecule has 2 aromatic carbocycles. The Morgan fingerprint density at radius 2 is 1.92 bits per heavy atom. The van der Waals surface area contributed by atoms with Crippen LogP contribution in [-0.2, 0) is 9.53 Å². The van der Waals surface area contributed by atoms with Crippen LogP contribution in [0.15, 0.2) is 57.5 Å². The van der Waals surface area contributed by atoms with Gasteiger partial charge in [0.15, 0.2) is 16.3 Å². The lowest BCUT2D eigenvalue weighted by atomic mass is 9.95. The molecule has 0 saturated carbocycles. The number of anilines is 1. The summed E-state index contributed by atoms with van der Waals surface area (Å²) in [6.45, 7) is 8.18. The molecule has 196 valence electrons. The maximum atomic E-state index is 13.9. The molecule has 9 heteroatoms. The van der Waals surface area contributed by atoms with E-state index in [0.29, 0.717) is 32.1 Å². The van der Waals surface area contributed by atoms with Crippen LogP contribution in [0, 0.1) is 6.92 Å². The van der Waals surface area contributed by atoms with E-state index in [-0.39, 0.29) is 19.0 Å². The molecule has 0 radical (unpaired) electrons. The lowest BCUT2D eigenvalue weighted by Crippen LogP contribution is -2.39. The van der Waals surface area contributed by atoms with Crippen LogP contribution in [0.3, 0.4) is 0 Å². The Morgan fingerprint density at radius 3 is 2.68 bits per heavy atom. The first-order chi connectivity index (χ1) is 18.4. The molecule has 0 aliphatic carbocycles. The van der Waals surface area contributed by atoms with Crippen LogP contribution in [0.25, 0.3) is 6.08 Å². The van der Waals surface area contributed by atoms with Gasteiger partial charge in [0, 0.05) is 18.8 Å². The molecule has 0 amide bonds. The van der Waals surface area contributed by atoms with Crippen molar-refractivity contribution in [3.05, 3.63) is 84.0 Å². The standard InChI is InChI=1S/C29H29N3O5S/c1-4-35-28(34)25-18(3)30-29-32(26(25)20-8-10-22-23(15-20)37-16-36-22)27(33)24(38-29)14-19-7-9-21(17(2)13-19)31-11-5-6-12-31/h7-10,13-15,26H,4-6,11-12,16H2,1-3H3/b24-14+/t26-/m0/s1. The molecular weight excluding hydrogens is 502 g/mol. The third-order valence-electron chi connectivity index (χ3n) is 7.19. The maximum Gasteiger partial charge on any atom is 0.338 e. The number of carbonyl (C=O) groups excluding carboxylic acids is 1. The van der Waals surface area contributed by atoms with Crippen molar-refractivity contribution in [2.24, 2.45) is 4.99 Å². The van der Waals surface area contributed by atoms with Gasteiger partial charge in [-0.3, -0.25) is 9.36 Å². The average molecular weight is 532 g/mol. The predicted molar refractivity (Wildman–Crippen MR) is 146 cm³/mol. The number of carbonyl (C=O) groups is 1. The summed E-state index contributed by atoms with van der Waals surface area (Å²) in [7, 11) is 0. The zero-order valence-electron chi connectivity index (χ0n) is 21.7. The Labute approximate surface area is 224 Å². The Hall–Kier alpha value is -3.85. The van der Waals surface area contributed by atoms with Crippen molar-refractivity contribution in [2.45, 2.75) is 39.7 Å². The predicted octanol–water partition coefficient (Wildman–Crippen LogP) is 3.44. The molecule has 0 N–H and O–H groups in total. The van der Waals surface area contributed by atoms with Gasteiger partial charge in [-0.05, 0) is 80.6 Å². The molecular formula is C29H29N3O5S. The van der Waals surface area contributed by atoms with Gasteiger partial charge in [0.2, 0.25) is 6.79 Å². The highest BCUT2D eigenvalue weighted by atomic mass is 32.1. The molecule has 1 saturated heterocycles. The van der Waals surface area contributed by atoms with Crippen LogP contribution < -0.4 is 29.3 Å². The van der Waals surface area contributed by atoms with E-state index in [2.05, 4.69) is 35.0 Å². The Bertz CT molecular complexity index is 1650. The summed E-state index contributed by atoms with van der Waals surface area (Å²) < 4.78 is 18.6. The smallest absolute Gasteiger partial charge is 0.338 e. The zero-order chi connectivity index (χ0) is 26.4. The largest absolute Gasteiger partial charge is 0.463 e. The fraction of sp³-hybridized carbons (Fsp3) is 0.345. The number of nitrogens with zero attached hydrogens (tertiary/aromatic N) is 3. The van der Waals surface area contributed by atoms with E-state index in [1.165, 1.54) is 35.4 Å². The van der Waals surface area contributed by atoms with E-state index in [9.17, 15) is 9.59 Å². The van der Waals surface area contributed by atoms with Crippen LogP contribution in [0.2, 0.25) is 0 Å². The van der Waals surface area contributed by atoms with Crippen LogP contribution in [-0.4, -0.2) is 37.0 Å². The van der Waals surface area contributed by atoms with E-state index < -0.39 is 12.0 Å². The monoisotopic (exact) mass is 531 g/mol. The summed E-state index contributed by atoms with van der Waals surface area (Å²) in [5.41, 5.74) is 4.79. The molecule has 3 aliphatic rings. The molecule has 0 bridgehead atoms. The summed E-state index contributed by atoms with van der Waals surface area (Å²) in [5, 5.41) is 0. The highest BCUT2D eigenvalue weighted by Crippen LogP contribution is 2.38. The topological polar surface area (TPSA) is 82.4 Å². The van der Waals surface area contributed by atoms with E-state index in [1.54, 1.807) is 24.5 Å². The molecule has 38 heavy (non-hydrogen) atoms. The van der Waals surface area contributed by atoms with Crippen molar-refractivity contribution in [3.8, 4) is 11.5 Å². The number of rotatable bonds is 5. The van der Waals surface area contributed by atoms with Gasteiger partial charge >= 0.3 is 5.97 Å². The maximum absolute atomic E-state index is 13.9. The highest BCUT2D eigenvalue weighted by molar-refractivity contribution is 7.07. The highest BCUT2D eigenvalue weighted by Gasteiger charge is 2.34. The number of benzene rings is 2. The molecule has 6 rings (SSSR count). The Balaban J connectivity index is 1.47. The SMILES string of the molecule is CCOC(=O)C1=C(C)N=c2s/c(=C/c3ccc(N4CCCC4)c(C)c3)c(=O)n2[C@H]1c1ccc2c(c1)OCO2. The van der Waals surface area contributed by atoms with Crippen molar-refractivity contribution in [1.29, 1.82) is 0 Å².